The van der Waals surface area contributed by atoms with Crippen molar-refractivity contribution >= 4 is 21.6 Å². The standard InChI is InChI=1S/C9H10BrNO/c10-5-8-4-6-3-7(11)1-2-9(6)12-8/h1-3,8H,4-5,11H2. The van der Waals surface area contributed by atoms with Gasteiger partial charge in [-0.1, -0.05) is 15.9 Å². The van der Waals surface area contributed by atoms with Gasteiger partial charge in [0.05, 0.1) is 0 Å². The van der Waals surface area contributed by atoms with E-state index in [-0.39, 0.29) is 6.10 Å². The maximum atomic E-state index is 5.65. The summed E-state index contributed by atoms with van der Waals surface area (Å²) in [6.45, 7) is 0. The number of nitrogen functional groups attached to an aromatic ring is 1. The van der Waals surface area contributed by atoms with Crippen LogP contribution in [0.4, 0.5) is 5.69 Å². The number of alkyl halides is 1. The molecule has 1 aliphatic heterocycles. The minimum Gasteiger partial charge on any atom is -0.489 e. The molecule has 2 N–H and O–H groups in total. The average molecular weight is 228 g/mol. The van der Waals surface area contributed by atoms with Crippen molar-refractivity contribution in [1.29, 1.82) is 0 Å². The smallest absolute Gasteiger partial charge is 0.123 e. The largest absolute Gasteiger partial charge is 0.489 e. The van der Waals surface area contributed by atoms with Crippen LogP contribution in [0, 0.1) is 0 Å². The highest BCUT2D eigenvalue weighted by atomic mass is 79.9. The van der Waals surface area contributed by atoms with Gasteiger partial charge >= 0.3 is 0 Å². The molecular formula is C9H10BrNO. The summed E-state index contributed by atoms with van der Waals surface area (Å²) >= 11 is 3.40. The van der Waals surface area contributed by atoms with E-state index in [2.05, 4.69) is 15.9 Å². The first-order valence-corrected chi connectivity index (χ1v) is 5.03. The average Bonchev–Trinajstić information content (AvgIpc) is 2.46. The molecule has 2 rings (SSSR count). The van der Waals surface area contributed by atoms with E-state index in [0.29, 0.717) is 0 Å². The number of nitrogens with two attached hydrogens (primary N) is 1. The summed E-state index contributed by atoms with van der Waals surface area (Å²) in [5, 5.41) is 0.877. The van der Waals surface area contributed by atoms with Crippen molar-refractivity contribution in [3.05, 3.63) is 23.8 Å². The summed E-state index contributed by atoms with van der Waals surface area (Å²) < 4.78 is 5.61. The number of rotatable bonds is 1. The van der Waals surface area contributed by atoms with Crippen LogP contribution in [0.5, 0.6) is 5.75 Å². The Morgan fingerprint density at radius 2 is 2.42 bits per heavy atom. The Balaban J connectivity index is 2.30. The van der Waals surface area contributed by atoms with Crippen LogP contribution in [0.1, 0.15) is 5.56 Å². The molecule has 1 aromatic carbocycles. The molecule has 64 valence electrons. The Morgan fingerprint density at radius 1 is 1.58 bits per heavy atom. The molecule has 3 heteroatoms. The molecule has 1 aliphatic rings. The number of hydrogen-bond donors (Lipinski definition) is 1. The van der Waals surface area contributed by atoms with Crippen molar-refractivity contribution < 1.29 is 4.74 Å². The molecule has 0 spiro atoms. The zero-order valence-electron chi connectivity index (χ0n) is 6.59. The second-order valence-corrected chi connectivity index (χ2v) is 3.61. The maximum absolute atomic E-state index is 5.65. The number of anilines is 1. The highest BCUT2D eigenvalue weighted by molar-refractivity contribution is 9.09. The van der Waals surface area contributed by atoms with Crippen LogP contribution in [0.2, 0.25) is 0 Å². The van der Waals surface area contributed by atoms with Crippen molar-refractivity contribution in [1.82, 2.24) is 0 Å². The highest BCUT2D eigenvalue weighted by Gasteiger charge is 2.21. The van der Waals surface area contributed by atoms with Crippen LogP contribution in [0.25, 0.3) is 0 Å². The van der Waals surface area contributed by atoms with Crippen molar-refractivity contribution in [2.75, 3.05) is 11.1 Å². The summed E-state index contributed by atoms with van der Waals surface area (Å²) in [6.07, 6.45) is 1.24. The molecule has 0 aliphatic carbocycles. The Bertz CT molecular complexity index is 301. The van der Waals surface area contributed by atoms with Gasteiger partial charge in [0.2, 0.25) is 0 Å². The lowest BCUT2D eigenvalue weighted by Gasteiger charge is -2.04. The number of halogens is 1. The first-order chi connectivity index (χ1) is 5.79. The minimum absolute atomic E-state index is 0.279. The third-order valence-corrected chi connectivity index (χ3v) is 2.72. The van der Waals surface area contributed by atoms with Crippen molar-refractivity contribution in [2.24, 2.45) is 0 Å². The van der Waals surface area contributed by atoms with Gasteiger partial charge in [0.25, 0.3) is 0 Å². The molecule has 0 aromatic heterocycles. The second-order valence-electron chi connectivity index (χ2n) is 2.97. The van der Waals surface area contributed by atoms with Gasteiger partial charge in [0, 0.05) is 17.4 Å². The lowest BCUT2D eigenvalue weighted by atomic mass is 10.1. The first kappa shape index (κ1) is 7.92. The van der Waals surface area contributed by atoms with Crippen LogP contribution in [-0.4, -0.2) is 11.4 Å². The molecule has 2 nitrogen and oxygen atoms in total. The van der Waals surface area contributed by atoms with Gasteiger partial charge in [0.1, 0.15) is 11.9 Å². The van der Waals surface area contributed by atoms with Gasteiger partial charge < -0.3 is 10.5 Å². The van der Waals surface area contributed by atoms with Gasteiger partial charge in [-0.05, 0) is 23.8 Å². The molecule has 1 unspecified atom stereocenters. The van der Waals surface area contributed by atoms with E-state index < -0.39 is 0 Å². The summed E-state index contributed by atoms with van der Waals surface area (Å²) in [5.41, 5.74) is 7.68. The van der Waals surface area contributed by atoms with Crippen LogP contribution in [-0.2, 0) is 6.42 Å². The number of ether oxygens (including phenoxy) is 1. The second kappa shape index (κ2) is 2.98. The highest BCUT2D eigenvalue weighted by Crippen LogP contribution is 2.30. The Morgan fingerprint density at radius 3 is 3.17 bits per heavy atom. The molecule has 1 heterocycles. The van der Waals surface area contributed by atoms with E-state index in [0.717, 1.165) is 23.2 Å². The first-order valence-electron chi connectivity index (χ1n) is 3.90. The monoisotopic (exact) mass is 227 g/mol. The summed E-state index contributed by atoms with van der Waals surface area (Å²) in [7, 11) is 0. The van der Waals surface area contributed by atoms with Gasteiger partial charge in [0.15, 0.2) is 0 Å². The third kappa shape index (κ3) is 1.29. The van der Waals surface area contributed by atoms with Crippen LogP contribution in [0.15, 0.2) is 18.2 Å². The lowest BCUT2D eigenvalue weighted by Crippen LogP contribution is -2.13. The number of hydrogen-bond acceptors (Lipinski definition) is 2. The normalized spacial score (nSPS) is 20.2. The SMILES string of the molecule is Nc1ccc2c(c1)CC(CBr)O2. The molecule has 0 fully saturated rings. The van der Waals surface area contributed by atoms with Crippen molar-refractivity contribution in [2.45, 2.75) is 12.5 Å². The van der Waals surface area contributed by atoms with E-state index in [1.807, 2.05) is 18.2 Å². The fourth-order valence-corrected chi connectivity index (χ4v) is 1.79. The summed E-state index contributed by atoms with van der Waals surface area (Å²) in [6, 6.07) is 5.79. The zero-order valence-corrected chi connectivity index (χ0v) is 8.17. The summed E-state index contributed by atoms with van der Waals surface area (Å²) in [4.78, 5) is 0. The van der Waals surface area contributed by atoms with E-state index in [4.69, 9.17) is 10.5 Å². The Labute approximate surface area is 79.8 Å². The van der Waals surface area contributed by atoms with Crippen LogP contribution >= 0.6 is 15.9 Å². The van der Waals surface area contributed by atoms with Gasteiger partial charge in [-0.2, -0.15) is 0 Å². The van der Waals surface area contributed by atoms with Crippen LogP contribution < -0.4 is 10.5 Å². The predicted octanol–water partition coefficient (Wildman–Crippen LogP) is 1.97. The van der Waals surface area contributed by atoms with Crippen molar-refractivity contribution in [3.8, 4) is 5.75 Å². The molecule has 0 bridgehead atoms. The molecule has 0 saturated heterocycles. The molecule has 1 atom stereocenters. The van der Waals surface area contributed by atoms with Gasteiger partial charge in [-0.25, -0.2) is 0 Å². The third-order valence-electron chi connectivity index (χ3n) is 2.00. The molecular weight excluding hydrogens is 218 g/mol. The summed E-state index contributed by atoms with van der Waals surface area (Å²) in [5.74, 6) is 0.980. The fraction of sp³-hybridized carbons (Fsp3) is 0.333. The van der Waals surface area contributed by atoms with Crippen molar-refractivity contribution in [3.63, 3.8) is 0 Å². The maximum Gasteiger partial charge on any atom is 0.123 e. The molecule has 0 radical (unpaired) electrons. The lowest BCUT2D eigenvalue weighted by molar-refractivity contribution is 0.260. The molecule has 12 heavy (non-hydrogen) atoms. The molecule has 0 saturated carbocycles. The molecule has 1 aromatic rings. The number of fused-ring (bicyclic) bond motifs is 1. The Kier molecular flexibility index (Phi) is 1.97. The fourth-order valence-electron chi connectivity index (χ4n) is 1.43. The van der Waals surface area contributed by atoms with E-state index in [1.54, 1.807) is 0 Å². The zero-order chi connectivity index (χ0) is 8.55. The van der Waals surface area contributed by atoms with E-state index in [9.17, 15) is 0 Å². The van der Waals surface area contributed by atoms with Crippen LogP contribution in [0.3, 0.4) is 0 Å². The van der Waals surface area contributed by atoms with E-state index >= 15 is 0 Å². The number of benzene rings is 1. The predicted molar refractivity (Wildman–Crippen MR) is 52.8 cm³/mol. The Hall–Kier alpha value is -0.700. The van der Waals surface area contributed by atoms with E-state index in [1.165, 1.54) is 5.56 Å². The topological polar surface area (TPSA) is 35.2 Å². The van der Waals surface area contributed by atoms with Gasteiger partial charge in [-0.3, -0.25) is 0 Å². The minimum atomic E-state index is 0.279. The quantitative estimate of drug-likeness (QED) is 0.589. The molecule has 0 amide bonds. The van der Waals surface area contributed by atoms with Gasteiger partial charge in [-0.15, -0.1) is 0 Å².